The van der Waals surface area contributed by atoms with E-state index in [0.29, 0.717) is 36.0 Å². The largest absolute Gasteiger partial charge is 0.493 e. The fourth-order valence-corrected chi connectivity index (χ4v) is 2.86. The molecule has 1 aliphatic rings. The standard InChI is InChI=1S/C17H25NO4/c1-11(2)9-21-12-7-6-8-13-14(12)17(18,15(19)20-5)10-16(3,4)22-13/h6-8,11H,9-10,18H2,1-5H3. The van der Waals surface area contributed by atoms with Crippen LogP contribution in [0.5, 0.6) is 11.5 Å². The summed E-state index contributed by atoms with van der Waals surface area (Å²) in [6, 6.07) is 5.46. The van der Waals surface area contributed by atoms with Crippen LogP contribution in [0.3, 0.4) is 0 Å². The molecule has 5 heteroatoms. The van der Waals surface area contributed by atoms with Gasteiger partial charge in [0.15, 0.2) is 5.54 Å². The van der Waals surface area contributed by atoms with Crippen molar-refractivity contribution in [3.8, 4) is 11.5 Å². The van der Waals surface area contributed by atoms with Crippen molar-refractivity contribution in [1.29, 1.82) is 0 Å². The molecule has 0 aromatic heterocycles. The van der Waals surface area contributed by atoms with Gasteiger partial charge in [-0.25, -0.2) is 4.79 Å². The molecular weight excluding hydrogens is 282 g/mol. The molecule has 1 aliphatic heterocycles. The van der Waals surface area contributed by atoms with Gasteiger partial charge >= 0.3 is 5.97 Å². The Balaban J connectivity index is 2.54. The monoisotopic (exact) mass is 307 g/mol. The van der Waals surface area contributed by atoms with Gasteiger partial charge in [0, 0.05) is 6.42 Å². The smallest absolute Gasteiger partial charge is 0.330 e. The van der Waals surface area contributed by atoms with Crippen molar-refractivity contribution in [2.45, 2.75) is 45.3 Å². The van der Waals surface area contributed by atoms with Crippen LogP contribution in [0.2, 0.25) is 0 Å². The molecule has 1 atom stereocenters. The third-order valence-corrected chi connectivity index (χ3v) is 3.65. The van der Waals surface area contributed by atoms with Gasteiger partial charge in [-0.2, -0.15) is 0 Å². The molecule has 1 unspecified atom stereocenters. The normalized spacial score (nSPS) is 22.7. The maximum atomic E-state index is 12.4. The molecule has 0 fully saturated rings. The number of ether oxygens (including phenoxy) is 3. The fraction of sp³-hybridized carbons (Fsp3) is 0.588. The number of hydrogen-bond acceptors (Lipinski definition) is 5. The molecule has 0 radical (unpaired) electrons. The first kappa shape index (κ1) is 16.6. The lowest BCUT2D eigenvalue weighted by Crippen LogP contribution is -2.55. The third kappa shape index (κ3) is 3.04. The van der Waals surface area contributed by atoms with Crippen molar-refractivity contribution in [3.63, 3.8) is 0 Å². The van der Waals surface area contributed by atoms with Gasteiger partial charge < -0.3 is 19.9 Å². The van der Waals surface area contributed by atoms with Gasteiger partial charge in [0.1, 0.15) is 17.1 Å². The molecule has 0 aliphatic carbocycles. The van der Waals surface area contributed by atoms with Gasteiger partial charge in [-0.05, 0) is 31.9 Å². The lowest BCUT2D eigenvalue weighted by atomic mass is 9.78. The highest BCUT2D eigenvalue weighted by Crippen LogP contribution is 2.47. The molecule has 0 amide bonds. The highest BCUT2D eigenvalue weighted by atomic mass is 16.5. The zero-order valence-electron chi connectivity index (χ0n) is 13.9. The van der Waals surface area contributed by atoms with Crippen LogP contribution in [-0.2, 0) is 15.1 Å². The van der Waals surface area contributed by atoms with Crippen molar-refractivity contribution in [2.75, 3.05) is 13.7 Å². The summed E-state index contributed by atoms with van der Waals surface area (Å²) in [5.41, 5.74) is 5.20. The second-order valence-corrected chi connectivity index (χ2v) is 6.84. The molecule has 0 bridgehead atoms. The molecule has 0 saturated carbocycles. The van der Waals surface area contributed by atoms with Crippen LogP contribution in [0.1, 0.15) is 39.7 Å². The van der Waals surface area contributed by atoms with E-state index in [-0.39, 0.29) is 0 Å². The van der Waals surface area contributed by atoms with E-state index in [0.717, 1.165) is 0 Å². The van der Waals surface area contributed by atoms with Crippen LogP contribution < -0.4 is 15.2 Å². The second kappa shape index (κ2) is 5.80. The Morgan fingerprint density at radius 1 is 1.41 bits per heavy atom. The molecule has 1 heterocycles. The SMILES string of the molecule is COC(=O)C1(N)CC(C)(C)Oc2cccc(OCC(C)C)c21. The predicted molar refractivity (Wildman–Crippen MR) is 84.0 cm³/mol. The number of fused-ring (bicyclic) bond motifs is 1. The maximum Gasteiger partial charge on any atom is 0.330 e. The average Bonchev–Trinajstić information content (AvgIpc) is 2.42. The number of methoxy groups -OCH3 is 1. The average molecular weight is 307 g/mol. The molecular formula is C17H25NO4. The third-order valence-electron chi connectivity index (χ3n) is 3.65. The zero-order valence-corrected chi connectivity index (χ0v) is 13.9. The maximum absolute atomic E-state index is 12.4. The summed E-state index contributed by atoms with van der Waals surface area (Å²) in [5.74, 6) is 1.04. The van der Waals surface area contributed by atoms with Gasteiger partial charge in [-0.1, -0.05) is 19.9 Å². The summed E-state index contributed by atoms with van der Waals surface area (Å²) >= 11 is 0. The minimum Gasteiger partial charge on any atom is -0.493 e. The second-order valence-electron chi connectivity index (χ2n) is 6.84. The van der Waals surface area contributed by atoms with Gasteiger partial charge in [0.05, 0.1) is 19.3 Å². The van der Waals surface area contributed by atoms with Crippen LogP contribution >= 0.6 is 0 Å². The van der Waals surface area contributed by atoms with Crippen molar-refractivity contribution in [1.82, 2.24) is 0 Å². The highest BCUT2D eigenvalue weighted by molar-refractivity contribution is 5.85. The lowest BCUT2D eigenvalue weighted by molar-refractivity contribution is -0.151. The molecule has 22 heavy (non-hydrogen) atoms. The van der Waals surface area contributed by atoms with Gasteiger partial charge in [0.25, 0.3) is 0 Å². The van der Waals surface area contributed by atoms with Crippen molar-refractivity contribution >= 4 is 5.97 Å². The summed E-state index contributed by atoms with van der Waals surface area (Å²) in [7, 11) is 1.34. The number of rotatable bonds is 4. The van der Waals surface area contributed by atoms with Gasteiger partial charge in [-0.15, -0.1) is 0 Å². The van der Waals surface area contributed by atoms with E-state index < -0.39 is 17.1 Å². The van der Waals surface area contributed by atoms with E-state index in [1.54, 1.807) is 0 Å². The summed E-state index contributed by atoms with van der Waals surface area (Å²) < 4.78 is 16.8. The van der Waals surface area contributed by atoms with Gasteiger partial charge in [-0.3, -0.25) is 0 Å². The summed E-state index contributed by atoms with van der Waals surface area (Å²) in [5, 5.41) is 0. The summed E-state index contributed by atoms with van der Waals surface area (Å²) in [6.07, 6.45) is 0.321. The highest BCUT2D eigenvalue weighted by Gasteiger charge is 2.50. The number of nitrogens with two attached hydrogens (primary N) is 1. The lowest BCUT2D eigenvalue weighted by Gasteiger charge is -2.42. The van der Waals surface area contributed by atoms with E-state index in [2.05, 4.69) is 13.8 Å². The first-order valence-corrected chi connectivity index (χ1v) is 7.52. The number of carbonyl (C=O) groups is 1. The number of benzene rings is 1. The molecule has 0 saturated heterocycles. The Kier molecular flexibility index (Phi) is 4.38. The topological polar surface area (TPSA) is 70.8 Å². The predicted octanol–water partition coefficient (Wildman–Crippen LogP) is 2.61. The Hall–Kier alpha value is -1.75. The Bertz CT molecular complexity index is 568. The molecule has 122 valence electrons. The zero-order chi connectivity index (χ0) is 16.5. The van der Waals surface area contributed by atoms with Crippen molar-refractivity contribution < 1.29 is 19.0 Å². The van der Waals surface area contributed by atoms with Crippen LogP contribution in [-0.4, -0.2) is 25.3 Å². The molecule has 2 N–H and O–H groups in total. The summed E-state index contributed by atoms with van der Waals surface area (Å²) in [4.78, 5) is 12.4. The Morgan fingerprint density at radius 3 is 2.68 bits per heavy atom. The molecule has 1 aromatic rings. The number of carbonyl (C=O) groups excluding carboxylic acids is 1. The fourth-order valence-electron chi connectivity index (χ4n) is 2.86. The number of esters is 1. The van der Waals surface area contributed by atoms with Crippen molar-refractivity contribution in [2.24, 2.45) is 11.7 Å². The minimum absolute atomic E-state index is 0.321. The molecule has 2 rings (SSSR count). The minimum atomic E-state index is -1.28. The van der Waals surface area contributed by atoms with Crippen LogP contribution in [0.25, 0.3) is 0 Å². The Morgan fingerprint density at radius 2 is 2.09 bits per heavy atom. The van der Waals surface area contributed by atoms with E-state index in [1.165, 1.54) is 7.11 Å². The van der Waals surface area contributed by atoms with E-state index >= 15 is 0 Å². The van der Waals surface area contributed by atoms with Crippen LogP contribution in [0.4, 0.5) is 0 Å². The first-order chi connectivity index (χ1) is 10.2. The molecule has 0 spiro atoms. The first-order valence-electron chi connectivity index (χ1n) is 7.52. The van der Waals surface area contributed by atoms with E-state index in [9.17, 15) is 4.79 Å². The van der Waals surface area contributed by atoms with Crippen LogP contribution in [0, 0.1) is 5.92 Å². The van der Waals surface area contributed by atoms with Crippen LogP contribution in [0.15, 0.2) is 18.2 Å². The van der Waals surface area contributed by atoms with Crippen molar-refractivity contribution in [3.05, 3.63) is 23.8 Å². The van der Waals surface area contributed by atoms with E-state index in [1.807, 2.05) is 32.0 Å². The molecule has 5 nitrogen and oxygen atoms in total. The Labute approximate surface area is 131 Å². The summed E-state index contributed by atoms with van der Waals surface area (Å²) in [6.45, 7) is 8.47. The quantitative estimate of drug-likeness (QED) is 0.866. The molecule has 1 aromatic carbocycles. The number of hydrogen-bond donors (Lipinski definition) is 1. The van der Waals surface area contributed by atoms with E-state index in [4.69, 9.17) is 19.9 Å². The van der Waals surface area contributed by atoms with Gasteiger partial charge in [0.2, 0.25) is 0 Å².